The van der Waals surface area contributed by atoms with Crippen molar-refractivity contribution in [2.75, 3.05) is 18.0 Å². The van der Waals surface area contributed by atoms with Gasteiger partial charge in [0.2, 0.25) is 0 Å². The summed E-state index contributed by atoms with van der Waals surface area (Å²) < 4.78 is 0. The van der Waals surface area contributed by atoms with Gasteiger partial charge in [0.1, 0.15) is 17.8 Å². The van der Waals surface area contributed by atoms with Crippen molar-refractivity contribution < 1.29 is 4.79 Å². The number of nitrogens with one attached hydrogen (secondary N) is 1. The van der Waals surface area contributed by atoms with Crippen molar-refractivity contribution in [2.45, 2.75) is 39.2 Å². The molecule has 0 saturated heterocycles. The van der Waals surface area contributed by atoms with Gasteiger partial charge in [0.15, 0.2) is 0 Å². The maximum atomic E-state index is 12.2. The summed E-state index contributed by atoms with van der Waals surface area (Å²) in [5, 5.41) is 2.93. The molecule has 24 heavy (non-hydrogen) atoms. The van der Waals surface area contributed by atoms with Crippen LogP contribution in [-0.2, 0) is 13.0 Å². The standard InChI is InChI=1S/C19H24N4O/c1-2-3-6-10-20-19(24)17-12-18(22-14-21-17)23-11-9-15-7-4-5-8-16(15)13-23/h4-5,7-8,12,14H,2-3,6,9-11,13H2,1H3,(H,20,24). The van der Waals surface area contributed by atoms with Crippen LogP contribution in [0, 0.1) is 0 Å². The second kappa shape index (κ2) is 7.90. The minimum atomic E-state index is -0.118. The first-order valence-corrected chi connectivity index (χ1v) is 8.70. The van der Waals surface area contributed by atoms with Gasteiger partial charge in [0.25, 0.3) is 5.91 Å². The molecule has 1 aliphatic rings. The van der Waals surface area contributed by atoms with Crippen molar-refractivity contribution in [3.63, 3.8) is 0 Å². The first-order chi connectivity index (χ1) is 11.8. The maximum Gasteiger partial charge on any atom is 0.270 e. The van der Waals surface area contributed by atoms with Gasteiger partial charge < -0.3 is 10.2 Å². The van der Waals surface area contributed by atoms with Gasteiger partial charge in [-0.15, -0.1) is 0 Å². The molecule has 1 aromatic carbocycles. The maximum absolute atomic E-state index is 12.2. The average Bonchev–Trinajstić information content (AvgIpc) is 2.65. The van der Waals surface area contributed by atoms with E-state index in [4.69, 9.17) is 0 Å². The molecule has 1 aromatic heterocycles. The van der Waals surface area contributed by atoms with E-state index in [0.29, 0.717) is 12.2 Å². The van der Waals surface area contributed by atoms with Crippen LogP contribution < -0.4 is 10.2 Å². The van der Waals surface area contributed by atoms with Crippen LogP contribution in [0.5, 0.6) is 0 Å². The lowest BCUT2D eigenvalue weighted by Crippen LogP contribution is -2.32. The Bertz CT molecular complexity index is 701. The fraction of sp³-hybridized carbons (Fsp3) is 0.421. The second-order valence-corrected chi connectivity index (χ2v) is 6.16. The van der Waals surface area contributed by atoms with Crippen LogP contribution in [0.3, 0.4) is 0 Å². The Morgan fingerprint density at radius 3 is 2.88 bits per heavy atom. The lowest BCUT2D eigenvalue weighted by molar-refractivity contribution is 0.0948. The normalized spacial score (nSPS) is 13.5. The van der Waals surface area contributed by atoms with Crippen molar-refractivity contribution in [1.82, 2.24) is 15.3 Å². The molecule has 1 amide bonds. The summed E-state index contributed by atoms with van der Waals surface area (Å²) in [5.74, 6) is 0.699. The van der Waals surface area contributed by atoms with E-state index in [1.165, 1.54) is 17.5 Å². The highest BCUT2D eigenvalue weighted by atomic mass is 16.1. The van der Waals surface area contributed by atoms with E-state index >= 15 is 0 Å². The zero-order chi connectivity index (χ0) is 16.8. The molecule has 0 spiro atoms. The molecule has 2 heterocycles. The molecule has 0 radical (unpaired) electrons. The van der Waals surface area contributed by atoms with Crippen LogP contribution in [-0.4, -0.2) is 29.0 Å². The third-order valence-corrected chi connectivity index (χ3v) is 4.41. The number of nitrogens with zero attached hydrogens (tertiary/aromatic N) is 3. The molecule has 5 heteroatoms. The van der Waals surface area contributed by atoms with Gasteiger partial charge >= 0.3 is 0 Å². The van der Waals surface area contributed by atoms with Crippen LogP contribution in [0.15, 0.2) is 36.7 Å². The first-order valence-electron chi connectivity index (χ1n) is 8.70. The topological polar surface area (TPSA) is 58.1 Å². The molecular formula is C19H24N4O. The van der Waals surface area contributed by atoms with Crippen molar-refractivity contribution >= 4 is 11.7 Å². The molecule has 1 aliphatic heterocycles. The number of hydrogen-bond donors (Lipinski definition) is 1. The Kier molecular flexibility index (Phi) is 5.41. The zero-order valence-corrected chi connectivity index (χ0v) is 14.2. The summed E-state index contributed by atoms with van der Waals surface area (Å²) in [5.41, 5.74) is 3.17. The number of aromatic nitrogens is 2. The molecule has 0 unspecified atom stereocenters. The number of hydrogen-bond acceptors (Lipinski definition) is 4. The van der Waals surface area contributed by atoms with E-state index in [1.54, 1.807) is 6.07 Å². The van der Waals surface area contributed by atoms with Gasteiger partial charge in [0.05, 0.1) is 0 Å². The Morgan fingerprint density at radius 2 is 2.04 bits per heavy atom. The summed E-state index contributed by atoms with van der Waals surface area (Å²) in [4.78, 5) is 22.9. The van der Waals surface area contributed by atoms with Crippen molar-refractivity contribution in [1.29, 1.82) is 0 Å². The molecule has 2 aromatic rings. The predicted molar refractivity (Wildman–Crippen MR) is 95.1 cm³/mol. The number of benzene rings is 1. The van der Waals surface area contributed by atoms with E-state index in [-0.39, 0.29) is 5.91 Å². The molecule has 0 fully saturated rings. The number of carbonyl (C=O) groups is 1. The van der Waals surface area contributed by atoms with Crippen LogP contribution >= 0.6 is 0 Å². The summed E-state index contributed by atoms with van der Waals surface area (Å²) in [6.07, 6.45) is 5.76. The third kappa shape index (κ3) is 3.91. The van der Waals surface area contributed by atoms with Crippen molar-refractivity contribution in [3.05, 3.63) is 53.5 Å². The molecule has 0 bridgehead atoms. The van der Waals surface area contributed by atoms with Gasteiger partial charge in [-0.3, -0.25) is 4.79 Å². The Labute approximate surface area is 143 Å². The van der Waals surface area contributed by atoms with E-state index in [2.05, 4.69) is 51.4 Å². The highest BCUT2D eigenvalue weighted by Gasteiger charge is 2.18. The molecule has 5 nitrogen and oxygen atoms in total. The Balaban J connectivity index is 1.66. The minimum Gasteiger partial charge on any atom is -0.352 e. The molecule has 0 aliphatic carbocycles. The largest absolute Gasteiger partial charge is 0.352 e. The fourth-order valence-corrected chi connectivity index (χ4v) is 3.00. The van der Waals surface area contributed by atoms with Gasteiger partial charge in [-0.25, -0.2) is 9.97 Å². The quantitative estimate of drug-likeness (QED) is 0.830. The Morgan fingerprint density at radius 1 is 1.21 bits per heavy atom. The molecule has 3 rings (SSSR count). The second-order valence-electron chi connectivity index (χ2n) is 6.16. The monoisotopic (exact) mass is 324 g/mol. The van der Waals surface area contributed by atoms with Gasteiger partial charge in [-0.1, -0.05) is 44.0 Å². The van der Waals surface area contributed by atoms with Crippen LogP contribution in [0.4, 0.5) is 5.82 Å². The lowest BCUT2D eigenvalue weighted by atomic mass is 10.00. The molecule has 0 saturated carbocycles. The highest BCUT2D eigenvalue weighted by Crippen LogP contribution is 2.22. The highest BCUT2D eigenvalue weighted by molar-refractivity contribution is 5.92. The number of unbranched alkanes of at least 4 members (excludes halogenated alkanes) is 2. The molecule has 126 valence electrons. The van der Waals surface area contributed by atoms with E-state index in [9.17, 15) is 4.79 Å². The van der Waals surface area contributed by atoms with Crippen LogP contribution in [0.25, 0.3) is 0 Å². The van der Waals surface area contributed by atoms with Gasteiger partial charge in [0, 0.05) is 25.7 Å². The Hall–Kier alpha value is -2.43. The van der Waals surface area contributed by atoms with E-state index in [1.807, 2.05) is 0 Å². The summed E-state index contributed by atoms with van der Waals surface area (Å²) >= 11 is 0. The molecule has 0 atom stereocenters. The average molecular weight is 324 g/mol. The fourth-order valence-electron chi connectivity index (χ4n) is 3.00. The number of anilines is 1. The number of amides is 1. The van der Waals surface area contributed by atoms with Crippen molar-refractivity contribution in [2.24, 2.45) is 0 Å². The lowest BCUT2D eigenvalue weighted by Gasteiger charge is -2.29. The van der Waals surface area contributed by atoms with Gasteiger partial charge in [-0.05, 0) is 24.0 Å². The smallest absolute Gasteiger partial charge is 0.270 e. The van der Waals surface area contributed by atoms with Crippen LogP contribution in [0.2, 0.25) is 0 Å². The SMILES string of the molecule is CCCCCNC(=O)c1cc(N2CCc3ccccc3C2)ncn1. The number of fused-ring (bicyclic) bond motifs is 1. The summed E-state index contributed by atoms with van der Waals surface area (Å²) in [6, 6.07) is 10.3. The van der Waals surface area contributed by atoms with E-state index < -0.39 is 0 Å². The van der Waals surface area contributed by atoms with Crippen molar-refractivity contribution in [3.8, 4) is 0 Å². The minimum absolute atomic E-state index is 0.118. The molecular weight excluding hydrogens is 300 g/mol. The molecule has 1 N–H and O–H groups in total. The number of carbonyl (C=O) groups excluding carboxylic acids is 1. The summed E-state index contributed by atoms with van der Waals surface area (Å²) in [7, 11) is 0. The third-order valence-electron chi connectivity index (χ3n) is 4.41. The predicted octanol–water partition coefficient (Wildman–Crippen LogP) is 2.96. The van der Waals surface area contributed by atoms with Crippen LogP contribution in [0.1, 0.15) is 47.8 Å². The number of rotatable bonds is 6. The zero-order valence-electron chi connectivity index (χ0n) is 14.2. The van der Waals surface area contributed by atoms with E-state index in [0.717, 1.165) is 44.6 Å². The van der Waals surface area contributed by atoms with Gasteiger partial charge in [-0.2, -0.15) is 0 Å². The first kappa shape index (κ1) is 16.4. The summed E-state index contributed by atoms with van der Waals surface area (Å²) in [6.45, 7) is 4.58.